The number of methoxy groups -OCH3 is 1. The van der Waals surface area contributed by atoms with E-state index in [1.54, 1.807) is 19.1 Å². The number of nitrogens with one attached hydrogen (secondary N) is 2. The van der Waals surface area contributed by atoms with E-state index in [-0.39, 0.29) is 12.0 Å². The molecule has 0 heterocycles. The zero-order valence-corrected chi connectivity index (χ0v) is 25.7. The highest BCUT2D eigenvalue weighted by atomic mass is 32.2. The van der Waals surface area contributed by atoms with Gasteiger partial charge in [-0.3, -0.25) is 4.99 Å². The Morgan fingerprint density at radius 2 is 1.73 bits per heavy atom. The minimum absolute atomic E-state index is 0.0372. The van der Waals surface area contributed by atoms with Crippen LogP contribution in [0.25, 0.3) is 0 Å². The maximum absolute atomic E-state index is 8.84. The summed E-state index contributed by atoms with van der Waals surface area (Å²) in [5.41, 5.74) is 4.29. The lowest BCUT2D eigenvalue weighted by Crippen LogP contribution is -2.17. The average molecular weight is 533 g/mol. The van der Waals surface area contributed by atoms with E-state index in [4.69, 9.17) is 14.8 Å². The summed E-state index contributed by atoms with van der Waals surface area (Å²) in [5, 5.41) is 15.2. The number of rotatable bonds is 11. The van der Waals surface area contributed by atoms with Crippen molar-refractivity contribution in [2.75, 3.05) is 50.6 Å². The third-order valence-corrected chi connectivity index (χ3v) is 5.36. The van der Waals surface area contributed by atoms with Crippen molar-refractivity contribution in [3.63, 3.8) is 0 Å². The fraction of sp³-hybridized carbons (Fsp3) is 0.567. The molecule has 0 spiro atoms. The molecule has 0 amide bonds. The molecule has 0 saturated carbocycles. The summed E-state index contributed by atoms with van der Waals surface area (Å²) in [4.78, 5) is 5.87. The Balaban J connectivity index is 0.00000124. The molecular weight excluding hydrogens is 480 g/mol. The van der Waals surface area contributed by atoms with Gasteiger partial charge in [0.15, 0.2) is 0 Å². The van der Waals surface area contributed by atoms with Gasteiger partial charge in [-0.25, -0.2) is 0 Å². The van der Waals surface area contributed by atoms with Crippen LogP contribution in [0.4, 0.5) is 17.1 Å². The van der Waals surface area contributed by atoms with Gasteiger partial charge in [0.05, 0.1) is 18.0 Å². The largest absolute Gasteiger partial charge is 0.395 e. The quantitative estimate of drug-likeness (QED) is 0.159. The molecule has 0 atom stereocenters. The number of anilines is 2. The van der Waals surface area contributed by atoms with Crippen LogP contribution in [0.2, 0.25) is 0 Å². The molecule has 0 aromatic heterocycles. The van der Waals surface area contributed by atoms with E-state index < -0.39 is 0 Å². The lowest BCUT2D eigenvalue weighted by Gasteiger charge is -2.20. The Morgan fingerprint density at radius 3 is 2.19 bits per heavy atom. The van der Waals surface area contributed by atoms with Gasteiger partial charge < -0.3 is 24.8 Å². The molecule has 2 rings (SSSR count). The summed E-state index contributed by atoms with van der Waals surface area (Å²) in [7, 11) is 5.69. The fourth-order valence-electron chi connectivity index (χ4n) is 2.69. The van der Waals surface area contributed by atoms with Gasteiger partial charge in [0, 0.05) is 57.7 Å². The molecule has 0 fully saturated rings. The van der Waals surface area contributed by atoms with Crippen LogP contribution in [0.3, 0.4) is 0 Å². The Kier molecular flexibility index (Phi) is 18.9. The van der Waals surface area contributed by atoms with Crippen LogP contribution in [0.15, 0.2) is 52.4 Å². The second-order valence-electron chi connectivity index (χ2n) is 10.4. The van der Waals surface area contributed by atoms with Gasteiger partial charge in [-0.1, -0.05) is 60.6 Å². The van der Waals surface area contributed by atoms with Crippen LogP contribution in [0.5, 0.6) is 0 Å². The second-order valence-corrected chi connectivity index (χ2v) is 11.6. The van der Waals surface area contributed by atoms with E-state index >= 15 is 0 Å². The fourth-order valence-corrected chi connectivity index (χ4v) is 3.49. The molecule has 6 nitrogen and oxygen atoms in total. The zero-order valence-electron chi connectivity index (χ0n) is 24.9. The normalized spacial score (nSPS) is 11.0. The van der Waals surface area contributed by atoms with Crippen LogP contribution in [0.1, 0.15) is 60.5 Å². The highest BCUT2D eigenvalue weighted by Gasteiger charge is 2.10. The van der Waals surface area contributed by atoms with Gasteiger partial charge in [0.1, 0.15) is 0 Å². The number of benzene rings is 2. The smallest absolute Gasteiger partial charge is 0.0878 e. The Morgan fingerprint density at radius 1 is 1.11 bits per heavy atom. The molecule has 3 N–H and O–H groups in total. The number of nitrogens with zero attached hydrogens (tertiary/aromatic N) is 2. The molecule has 0 unspecified atom stereocenters. The first-order valence-corrected chi connectivity index (χ1v) is 13.9. The maximum atomic E-state index is 8.84. The van der Waals surface area contributed by atoms with Crippen LogP contribution in [0, 0.1) is 11.3 Å². The zero-order chi connectivity index (χ0) is 28.3. The van der Waals surface area contributed by atoms with Crippen molar-refractivity contribution >= 4 is 35.2 Å². The third kappa shape index (κ3) is 17.9. The SMILES string of the molecule is CC(C)C.CCCOC.CNc1ccc(N(C)Sc2ccc(CNCCO)cc2)cc1N=CC(C)(C)C. The standard InChI is InChI=1S/C22H32N4OS.C4H10O.C4H10/c1-22(2,3)16-25-21-14-18(8-11-20(21)23-4)26(5)28-19-9-6-17(7-10-19)15-24-12-13-27;1-3-4-5-2;1-4(2)3/h6-11,14,16,23-24,27H,12-13,15H2,1-5H3;3-4H2,1-2H3;4H,1-3H3. The molecular formula is C30H52N4O2S. The minimum Gasteiger partial charge on any atom is -0.395 e. The third-order valence-electron chi connectivity index (χ3n) is 4.40. The summed E-state index contributed by atoms with van der Waals surface area (Å²) < 4.78 is 6.84. The van der Waals surface area contributed by atoms with Crippen molar-refractivity contribution < 1.29 is 9.84 Å². The van der Waals surface area contributed by atoms with E-state index in [2.05, 4.69) is 113 Å². The second kappa shape index (κ2) is 20.0. The molecule has 0 saturated heterocycles. The first-order chi connectivity index (χ1) is 17.5. The highest BCUT2D eigenvalue weighted by molar-refractivity contribution is 8.00. The summed E-state index contributed by atoms with van der Waals surface area (Å²) in [5.74, 6) is 0.833. The van der Waals surface area contributed by atoms with Crippen molar-refractivity contribution in [1.82, 2.24) is 5.32 Å². The molecule has 2 aromatic carbocycles. The van der Waals surface area contributed by atoms with E-state index in [0.29, 0.717) is 6.54 Å². The lowest BCUT2D eigenvalue weighted by molar-refractivity contribution is 0.199. The summed E-state index contributed by atoms with van der Waals surface area (Å²) >= 11 is 1.68. The number of aliphatic hydroxyl groups excluding tert-OH is 1. The van der Waals surface area contributed by atoms with Gasteiger partial charge in [0.25, 0.3) is 0 Å². The van der Waals surface area contributed by atoms with E-state index in [9.17, 15) is 0 Å². The summed E-state index contributed by atoms with van der Waals surface area (Å²) in [6.45, 7) is 17.4. The van der Waals surface area contributed by atoms with Gasteiger partial charge >= 0.3 is 0 Å². The molecule has 0 aliphatic rings. The molecule has 0 aliphatic heterocycles. The van der Waals surface area contributed by atoms with Crippen molar-refractivity contribution in [2.24, 2.45) is 16.3 Å². The first-order valence-electron chi connectivity index (χ1n) is 13.2. The Hall–Kier alpha value is -2.06. The Bertz CT molecular complexity index is 860. The van der Waals surface area contributed by atoms with Crippen LogP contribution in [-0.2, 0) is 11.3 Å². The van der Waals surface area contributed by atoms with Crippen molar-refractivity contribution in [2.45, 2.75) is 66.3 Å². The van der Waals surface area contributed by atoms with Crippen molar-refractivity contribution in [3.8, 4) is 0 Å². The predicted octanol–water partition coefficient (Wildman–Crippen LogP) is 7.41. The number of aliphatic imine (C=N–C) groups is 1. The lowest BCUT2D eigenvalue weighted by atomic mass is 9.99. The number of aliphatic hydroxyl groups is 1. The number of hydrogen-bond donors (Lipinski definition) is 3. The van der Waals surface area contributed by atoms with Gasteiger partial charge in [0.2, 0.25) is 0 Å². The van der Waals surface area contributed by atoms with E-state index in [0.717, 1.165) is 42.6 Å². The molecule has 37 heavy (non-hydrogen) atoms. The van der Waals surface area contributed by atoms with Crippen LogP contribution >= 0.6 is 11.9 Å². The summed E-state index contributed by atoms with van der Waals surface area (Å²) in [6, 6.07) is 14.7. The molecule has 7 heteroatoms. The predicted molar refractivity (Wildman–Crippen MR) is 166 cm³/mol. The van der Waals surface area contributed by atoms with Crippen molar-refractivity contribution in [1.29, 1.82) is 0 Å². The summed E-state index contributed by atoms with van der Waals surface area (Å²) in [6.07, 6.45) is 3.11. The Labute approximate surface area is 231 Å². The molecule has 0 aliphatic carbocycles. The van der Waals surface area contributed by atoms with E-state index in [1.165, 1.54) is 10.5 Å². The number of ether oxygens (including phenoxy) is 1. The molecule has 2 aromatic rings. The van der Waals surface area contributed by atoms with E-state index in [1.807, 2.05) is 13.3 Å². The maximum Gasteiger partial charge on any atom is 0.0878 e. The van der Waals surface area contributed by atoms with Gasteiger partial charge in [-0.15, -0.1) is 0 Å². The van der Waals surface area contributed by atoms with Gasteiger partial charge in [-0.2, -0.15) is 0 Å². The van der Waals surface area contributed by atoms with Gasteiger partial charge in [-0.05, 0) is 65.6 Å². The average Bonchev–Trinajstić information content (AvgIpc) is 2.84. The molecule has 0 radical (unpaired) electrons. The topological polar surface area (TPSA) is 69.1 Å². The highest BCUT2D eigenvalue weighted by Crippen LogP contribution is 2.34. The van der Waals surface area contributed by atoms with Crippen LogP contribution < -0.4 is 14.9 Å². The van der Waals surface area contributed by atoms with Crippen molar-refractivity contribution in [3.05, 3.63) is 48.0 Å². The monoisotopic (exact) mass is 532 g/mol. The first kappa shape index (κ1) is 34.9. The number of hydrogen-bond acceptors (Lipinski definition) is 7. The molecule has 0 bridgehead atoms. The molecule has 210 valence electrons. The van der Waals surface area contributed by atoms with Crippen LogP contribution in [-0.4, -0.2) is 52.3 Å². The minimum atomic E-state index is 0.0372.